The number of alkyl carbamates (subject to hydrolysis) is 1. The minimum Gasteiger partial charge on any atom is -0.444 e. The van der Waals surface area contributed by atoms with Crippen molar-refractivity contribution in [2.75, 3.05) is 26.2 Å². The lowest BCUT2D eigenvalue weighted by Gasteiger charge is -2.32. The third-order valence-electron chi connectivity index (χ3n) is 5.35. The molecule has 11 heteroatoms. The maximum Gasteiger partial charge on any atom is 0.418 e. The van der Waals surface area contributed by atoms with Crippen LogP contribution in [0.3, 0.4) is 0 Å². The first kappa shape index (κ1) is 25.1. The van der Waals surface area contributed by atoms with Crippen molar-refractivity contribution in [1.29, 1.82) is 0 Å². The zero-order valence-electron chi connectivity index (χ0n) is 19.4. The van der Waals surface area contributed by atoms with E-state index in [1.165, 1.54) is 19.4 Å². The second-order valence-corrected chi connectivity index (χ2v) is 9.31. The maximum atomic E-state index is 13.6. The number of nitrogens with one attached hydrogen (secondary N) is 1. The molecule has 33 heavy (non-hydrogen) atoms. The number of amides is 1. The molecule has 0 aliphatic carbocycles. The van der Waals surface area contributed by atoms with Crippen molar-refractivity contribution in [2.24, 2.45) is 7.05 Å². The number of alkyl halides is 3. The Morgan fingerprint density at radius 3 is 2.45 bits per heavy atom. The number of hydrogen-bond acceptors (Lipinski definition) is 5. The number of carbonyl (C=O) groups excluding carboxylic acids is 1. The summed E-state index contributed by atoms with van der Waals surface area (Å²) >= 11 is 0. The number of ether oxygens (including phenoxy) is 2. The molecule has 184 valence electrons. The van der Waals surface area contributed by atoms with E-state index < -0.39 is 29.1 Å². The van der Waals surface area contributed by atoms with Gasteiger partial charge < -0.3 is 19.4 Å². The highest BCUT2D eigenvalue weighted by Crippen LogP contribution is 2.33. The van der Waals surface area contributed by atoms with Crippen LogP contribution in [0.5, 0.6) is 0 Å². The second kappa shape index (κ2) is 9.76. The van der Waals surface area contributed by atoms with Crippen molar-refractivity contribution in [3.63, 3.8) is 0 Å². The van der Waals surface area contributed by atoms with Crippen LogP contribution in [0.4, 0.5) is 18.0 Å². The van der Waals surface area contributed by atoms with Gasteiger partial charge in [-0.1, -0.05) is 0 Å². The molecule has 1 aliphatic rings. The van der Waals surface area contributed by atoms with Crippen LogP contribution in [0.1, 0.15) is 44.7 Å². The van der Waals surface area contributed by atoms with Gasteiger partial charge in [-0.2, -0.15) is 13.2 Å². The first-order valence-electron chi connectivity index (χ1n) is 10.9. The van der Waals surface area contributed by atoms with Gasteiger partial charge in [-0.05, 0) is 45.2 Å². The molecular formula is C22H31F3N4O4. The van der Waals surface area contributed by atoms with Crippen molar-refractivity contribution in [2.45, 2.75) is 58.0 Å². The zero-order chi connectivity index (χ0) is 24.4. The number of aryl methyl sites for hydroxylation is 1. The normalized spacial score (nSPS) is 16.3. The van der Waals surface area contributed by atoms with Crippen LogP contribution >= 0.6 is 0 Å². The van der Waals surface area contributed by atoms with E-state index in [9.17, 15) is 22.8 Å². The predicted octanol–water partition coefficient (Wildman–Crippen LogP) is 3.16. The van der Waals surface area contributed by atoms with Gasteiger partial charge in [0.15, 0.2) is 0 Å². The molecule has 1 saturated heterocycles. The fraction of sp³-hybridized carbons (Fsp3) is 0.636. The molecule has 2 aromatic rings. The summed E-state index contributed by atoms with van der Waals surface area (Å²) in [6.07, 6.45) is -0.880. The number of rotatable bonds is 6. The van der Waals surface area contributed by atoms with Crippen LogP contribution in [-0.4, -0.2) is 57.9 Å². The third-order valence-corrected chi connectivity index (χ3v) is 5.35. The van der Waals surface area contributed by atoms with Crippen molar-refractivity contribution in [3.05, 3.63) is 40.1 Å². The molecule has 1 aliphatic heterocycles. The lowest BCUT2D eigenvalue weighted by atomic mass is 10.1. The average molecular weight is 473 g/mol. The van der Waals surface area contributed by atoms with E-state index in [1.807, 2.05) is 4.90 Å². The van der Waals surface area contributed by atoms with Crippen molar-refractivity contribution in [1.82, 2.24) is 19.2 Å². The summed E-state index contributed by atoms with van der Waals surface area (Å²) < 4.78 is 53.9. The summed E-state index contributed by atoms with van der Waals surface area (Å²) in [6.45, 7) is 7.69. The molecule has 3 rings (SSSR count). The van der Waals surface area contributed by atoms with Gasteiger partial charge in [-0.15, -0.1) is 0 Å². The van der Waals surface area contributed by atoms with Gasteiger partial charge in [0, 0.05) is 45.6 Å². The summed E-state index contributed by atoms with van der Waals surface area (Å²) in [4.78, 5) is 25.9. The molecule has 1 fully saturated rings. The van der Waals surface area contributed by atoms with Gasteiger partial charge in [0.05, 0.1) is 23.8 Å². The molecule has 3 heterocycles. The summed E-state index contributed by atoms with van der Waals surface area (Å²) in [5, 5.41) is 2.64. The average Bonchev–Trinajstić information content (AvgIpc) is 2.98. The Morgan fingerprint density at radius 2 is 1.85 bits per heavy atom. The van der Waals surface area contributed by atoms with E-state index in [-0.39, 0.29) is 11.6 Å². The molecule has 1 amide bonds. The summed E-state index contributed by atoms with van der Waals surface area (Å²) in [6, 6.07) is 1.12. The minimum atomic E-state index is -4.55. The van der Waals surface area contributed by atoms with Gasteiger partial charge in [0.25, 0.3) is 0 Å². The molecule has 0 bridgehead atoms. The van der Waals surface area contributed by atoms with Crippen LogP contribution in [0.2, 0.25) is 0 Å². The highest BCUT2D eigenvalue weighted by atomic mass is 19.4. The molecule has 0 unspecified atom stereocenters. The number of halogens is 3. The van der Waals surface area contributed by atoms with Crippen LogP contribution in [0, 0.1) is 0 Å². The molecule has 0 aromatic carbocycles. The Bertz CT molecular complexity index is 1030. The SMILES string of the molecule is Cn1cc2c(C(F)(F)F)cc(CN3CCC(OCCNC(=O)OC(C)(C)C)CC3)cn2c1=O. The Kier molecular flexibility index (Phi) is 7.42. The summed E-state index contributed by atoms with van der Waals surface area (Å²) in [5.74, 6) is 0. The predicted molar refractivity (Wildman–Crippen MR) is 116 cm³/mol. The number of nitrogens with zero attached hydrogens (tertiary/aromatic N) is 3. The Hall–Kier alpha value is -2.53. The van der Waals surface area contributed by atoms with E-state index in [0.29, 0.717) is 38.3 Å². The summed E-state index contributed by atoms with van der Waals surface area (Å²) in [5.41, 5.74) is -1.59. The van der Waals surface area contributed by atoms with E-state index in [0.717, 1.165) is 27.9 Å². The largest absolute Gasteiger partial charge is 0.444 e. The van der Waals surface area contributed by atoms with Gasteiger partial charge in [-0.25, -0.2) is 9.59 Å². The van der Waals surface area contributed by atoms with Gasteiger partial charge in [-0.3, -0.25) is 9.30 Å². The number of aromatic nitrogens is 2. The van der Waals surface area contributed by atoms with E-state index in [1.54, 1.807) is 20.8 Å². The topological polar surface area (TPSA) is 77.2 Å². The molecular weight excluding hydrogens is 441 g/mol. The quantitative estimate of drug-likeness (QED) is 0.654. The molecule has 2 aromatic heterocycles. The van der Waals surface area contributed by atoms with E-state index >= 15 is 0 Å². The number of fused-ring (bicyclic) bond motifs is 1. The molecule has 0 saturated carbocycles. The van der Waals surface area contributed by atoms with Crippen LogP contribution in [-0.2, 0) is 29.2 Å². The van der Waals surface area contributed by atoms with Crippen LogP contribution < -0.4 is 11.0 Å². The molecule has 1 N–H and O–H groups in total. The fourth-order valence-corrected chi connectivity index (χ4v) is 3.86. The van der Waals surface area contributed by atoms with Crippen LogP contribution in [0.25, 0.3) is 5.52 Å². The van der Waals surface area contributed by atoms with Crippen molar-refractivity contribution < 1.29 is 27.4 Å². The standard InChI is InChI=1S/C22H31F3N4O4/c1-21(2,3)33-19(30)26-7-10-32-16-5-8-28(9-6-16)12-15-11-17(22(23,24)25)18-14-27(4)20(31)29(18)13-15/h11,13-14,16H,5-10,12H2,1-4H3,(H,26,30). The Morgan fingerprint density at radius 1 is 1.18 bits per heavy atom. The van der Waals surface area contributed by atoms with Crippen molar-refractivity contribution in [3.8, 4) is 0 Å². The third kappa shape index (κ3) is 6.73. The fourth-order valence-electron chi connectivity index (χ4n) is 3.86. The number of imidazole rings is 1. The monoisotopic (exact) mass is 472 g/mol. The molecule has 0 radical (unpaired) electrons. The number of carbonyl (C=O) groups is 1. The highest BCUT2D eigenvalue weighted by Gasteiger charge is 2.34. The minimum absolute atomic E-state index is 0.0200. The van der Waals surface area contributed by atoms with Crippen molar-refractivity contribution >= 4 is 11.6 Å². The van der Waals surface area contributed by atoms with Gasteiger partial charge in [0.1, 0.15) is 5.60 Å². The number of piperidine rings is 1. The number of likely N-dealkylation sites (tertiary alicyclic amines) is 1. The van der Waals surface area contributed by atoms with E-state index in [4.69, 9.17) is 9.47 Å². The maximum absolute atomic E-state index is 13.6. The molecule has 0 atom stereocenters. The van der Waals surface area contributed by atoms with Crippen LogP contribution in [0.15, 0.2) is 23.3 Å². The first-order valence-corrected chi connectivity index (χ1v) is 10.9. The van der Waals surface area contributed by atoms with E-state index in [2.05, 4.69) is 5.32 Å². The first-order chi connectivity index (χ1) is 15.3. The second-order valence-electron chi connectivity index (χ2n) is 9.31. The lowest BCUT2D eigenvalue weighted by molar-refractivity contribution is -0.136. The molecule has 0 spiro atoms. The smallest absolute Gasteiger partial charge is 0.418 e. The highest BCUT2D eigenvalue weighted by molar-refractivity contribution is 5.67. The Balaban J connectivity index is 1.52. The summed E-state index contributed by atoms with van der Waals surface area (Å²) in [7, 11) is 1.43. The number of pyridine rings is 1. The zero-order valence-corrected chi connectivity index (χ0v) is 19.4. The Labute approximate surface area is 190 Å². The van der Waals surface area contributed by atoms with Gasteiger partial charge >= 0.3 is 18.0 Å². The molecule has 8 nitrogen and oxygen atoms in total. The van der Waals surface area contributed by atoms with Gasteiger partial charge in [0.2, 0.25) is 0 Å². The lowest BCUT2D eigenvalue weighted by Crippen LogP contribution is -2.38. The number of hydrogen-bond donors (Lipinski definition) is 1.